The summed E-state index contributed by atoms with van der Waals surface area (Å²) in [6.07, 6.45) is 0. The van der Waals surface area contributed by atoms with Crippen molar-refractivity contribution in [2.75, 3.05) is 5.73 Å². The van der Waals surface area contributed by atoms with E-state index in [4.69, 9.17) is 5.73 Å². The Morgan fingerprint density at radius 2 is 2.05 bits per heavy atom. The number of thiazole rings is 1. The second-order valence-electron chi connectivity index (χ2n) is 4.89. The molecule has 2 aromatic heterocycles. The molecule has 2 heterocycles. The number of anilines is 1. The molecule has 0 amide bonds. The fourth-order valence-electron chi connectivity index (χ4n) is 2.38. The van der Waals surface area contributed by atoms with Crippen molar-refractivity contribution in [2.45, 2.75) is 13.8 Å². The zero-order valence-corrected chi connectivity index (χ0v) is 12.8. The third kappa shape index (κ3) is 2.31. The molecule has 0 saturated carbocycles. The van der Waals surface area contributed by atoms with Crippen molar-refractivity contribution >= 4 is 17.2 Å². The first-order chi connectivity index (χ1) is 9.97. The van der Waals surface area contributed by atoms with E-state index in [1.807, 2.05) is 19.9 Å². The van der Waals surface area contributed by atoms with Gasteiger partial charge in [0.05, 0.1) is 21.1 Å². The quantitative estimate of drug-likeness (QED) is 0.787. The van der Waals surface area contributed by atoms with E-state index in [0.29, 0.717) is 5.82 Å². The normalized spacial score (nSPS) is 11.0. The molecule has 6 heteroatoms. The average Bonchev–Trinajstić information content (AvgIpc) is 2.90. The van der Waals surface area contributed by atoms with E-state index in [1.165, 1.54) is 12.1 Å². The van der Waals surface area contributed by atoms with Gasteiger partial charge in [0.1, 0.15) is 17.3 Å². The number of benzene rings is 1. The molecule has 0 aliphatic heterocycles. The Morgan fingerprint density at radius 1 is 1.29 bits per heavy atom. The maximum absolute atomic E-state index is 13.5. The van der Waals surface area contributed by atoms with Crippen LogP contribution in [0.2, 0.25) is 0 Å². The molecule has 21 heavy (non-hydrogen) atoms. The second kappa shape index (κ2) is 4.96. The highest BCUT2D eigenvalue weighted by atomic mass is 32.1. The largest absolute Gasteiger partial charge is 0.383 e. The molecule has 1 aromatic carbocycles. The molecule has 4 nitrogen and oxygen atoms in total. The van der Waals surface area contributed by atoms with E-state index in [2.05, 4.69) is 10.1 Å². The zero-order valence-electron chi connectivity index (χ0n) is 12.0. The molecule has 108 valence electrons. The topological polar surface area (TPSA) is 56.7 Å². The highest BCUT2D eigenvalue weighted by Crippen LogP contribution is 2.39. The van der Waals surface area contributed by atoms with Crippen LogP contribution in [0.4, 0.5) is 10.2 Å². The van der Waals surface area contributed by atoms with Crippen LogP contribution in [-0.4, -0.2) is 14.8 Å². The van der Waals surface area contributed by atoms with Gasteiger partial charge in [-0.05, 0) is 31.5 Å². The lowest BCUT2D eigenvalue weighted by Crippen LogP contribution is -1.98. The second-order valence-corrected chi connectivity index (χ2v) is 6.09. The van der Waals surface area contributed by atoms with Crippen LogP contribution in [0.1, 0.15) is 10.7 Å². The van der Waals surface area contributed by atoms with Gasteiger partial charge in [-0.3, -0.25) is 4.68 Å². The molecule has 0 bridgehead atoms. The van der Waals surface area contributed by atoms with Gasteiger partial charge < -0.3 is 5.73 Å². The molecule has 0 aliphatic carbocycles. The van der Waals surface area contributed by atoms with Crippen molar-refractivity contribution in [3.05, 3.63) is 40.8 Å². The number of nitrogens with two attached hydrogens (primary N) is 1. The molecule has 0 unspecified atom stereocenters. The van der Waals surface area contributed by atoms with Crippen molar-refractivity contribution < 1.29 is 4.39 Å². The van der Waals surface area contributed by atoms with Gasteiger partial charge in [-0.1, -0.05) is 12.1 Å². The maximum atomic E-state index is 13.5. The minimum Gasteiger partial charge on any atom is -0.383 e. The minimum atomic E-state index is -0.293. The van der Waals surface area contributed by atoms with E-state index >= 15 is 0 Å². The first kappa shape index (κ1) is 13.8. The molecular weight excluding hydrogens is 287 g/mol. The summed E-state index contributed by atoms with van der Waals surface area (Å²) in [5, 5.41) is 5.47. The number of nitrogen functional groups attached to an aromatic ring is 1. The summed E-state index contributed by atoms with van der Waals surface area (Å²) >= 11 is 1.57. The predicted octanol–water partition coefficient (Wildman–Crippen LogP) is 3.55. The molecule has 0 spiro atoms. The smallest absolute Gasteiger partial charge is 0.129 e. The Kier molecular flexibility index (Phi) is 3.25. The third-order valence-corrected chi connectivity index (χ3v) is 4.40. The van der Waals surface area contributed by atoms with E-state index in [0.717, 1.165) is 32.4 Å². The summed E-state index contributed by atoms with van der Waals surface area (Å²) in [6.45, 7) is 3.90. The van der Waals surface area contributed by atoms with E-state index < -0.39 is 0 Å². The van der Waals surface area contributed by atoms with Crippen LogP contribution in [0.5, 0.6) is 0 Å². The van der Waals surface area contributed by atoms with Gasteiger partial charge in [0, 0.05) is 7.05 Å². The molecular formula is C15H15FN4S. The summed E-state index contributed by atoms with van der Waals surface area (Å²) in [5.74, 6) is 0.222. The third-order valence-electron chi connectivity index (χ3n) is 3.32. The van der Waals surface area contributed by atoms with Gasteiger partial charge in [0.2, 0.25) is 0 Å². The van der Waals surface area contributed by atoms with Crippen LogP contribution in [0.3, 0.4) is 0 Å². The maximum Gasteiger partial charge on any atom is 0.129 e. The lowest BCUT2D eigenvalue weighted by atomic mass is 10.0. The number of hydrogen-bond acceptors (Lipinski definition) is 4. The number of hydrogen-bond donors (Lipinski definition) is 1. The molecule has 3 rings (SSSR count). The van der Waals surface area contributed by atoms with Crippen LogP contribution >= 0.6 is 11.3 Å². The summed E-state index contributed by atoms with van der Waals surface area (Å²) in [6, 6.07) is 6.40. The van der Waals surface area contributed by atoms with Crippen LogP contribution in [-0.2, 0) is 7.05 Å². The van der Waals surface area contributed by atoms with Gasteiger partial charge in [-0.25, -0.2) is 9.37 Å². The molecule has 0 radical (unpaired) electrons. The Morgan fingerprint density at radius 3 is 2.67 bits per heavy atom. The molecule has 0 saturated heterocycles. The van der Waals surface area contributed by atoms with Gasteiger partial charge >= 0.3 is 0 Å². The minimum absolute atomic E-state index is 0.293. The van der Waals surface area contributed by atoms with Crippen LogP contribution < -0.4 is 5.73 Å². The number of aryl methyl sites for hydroxylation is 3. The molecule has 3 aromatic rings. The molecule has 0 atom stereocenters. The van der Waals surface area contributed by atoms with Gasteiger partial charge in [-0.2, -0.15) is 5.10 Å². The molecule has 2 N–H and O–H groups in total. The SMILES string of the molecule is Cc1nc(C)c(-c2nn(C)c(N)c2-c2cccc(F)c2)s1. The van der Waals surface area contributed by atoms with Crippen molar-refractivity contribution in [2.24, 2.45) is 7.05 Å². The first-order valence-electron chi connectivity index (χ1n) is 6.50. The van der Waals surface area contributed by atoms with Crippen molar-refractivity contribution in [1.29, 1.82) is 0 Å². The van der Waals surface area contributed by atoms with Gasteiger partial charge in [0.25, 0.3) is 0 Å². The number of halogens is 1. The summed E-state index contributed by atoms with van der Waals surface area (Å²) in [4.78, 5) is 5.40. The number of nitrogens with zero attached hydrogens (tertiary/aromatic N) is 3. The monoisotopic (exact) mass is 302 g/mol. The van der Waals surface area contributed by atoms with E-state index in [-0.39, 0.29) is 5.82 Å². The Balaban J connectivity index is 2.28. The Bertz CT molecular complexity index is 819. The Hall–Kier alpha value is -2.21. The van der Waals surface area contributed by atoms with Crippen molar-refractivity contribution in [3.8, 4) is 21.7 Å². The van der Waals surface area contributed by atoms with Crippen LogP contribution in [0.15, 0.2) is 24.3 Å². The molecule has 0 aliphatic rings. The Labute approximate surface area is 126 Å². The summed E-state index contributed by atoms with van der Waals surface area (Å²) in [5.41, 5.74) is 9.28. The summed E-state index contributed by atoms with van der Waals surface area (Å²) in [7, 11) is 1.78. The average molecular weight is 302 g/mol. The fraction of sp³-hybridized carbons (Fsp3) is 0.200. The van der Waals surface area contributed by atoms with E-state index in [9.17, 15) is 4.39 Å². The lowest BCUT2D eigenvalue weighted by molar-refractivity contribution is 0.628. The highest BCUT2D eigenvalue weighted by Gasteiger charge is 2.21. The standard InChI is InChI=1S/C15H15FN4S/c1-8-14(21-9(2)18-8)13-12(15(17)20(3)19-13)10-5-4-6-11(16)7-10/h4-7H,17H2,1-3H3. The fourth-order valence-corrected chi connectivity index (χ4v) is 3.29. The lowest BCUT2D eigenvalue weighted by Gasteiger charge is -2.03. The van der Waals surface area contributed by atoms with Crippen molar-refractivity contribution in [3.63, 3.8) is 0 Å². The number of rotatable bonds is 2. The number of aromatic nitrogens is 3. The summed E-state index contributed by atoms with van der Waals surface area (Å²) < 4.78 is 15.1. The zero-order chi connectivity index (χ0) is 15.1. The highest BCUT2D eigenvalue weighted by molar-refractivity contribution is 7.15. The van der Waals surface area contributed by atoms with Gasteiger partial charge in [-0.15, -0.1) is 11.3 Å². The van der Waals surface area contributed by atoms with Gasteiger partial charge in [0.15, 0.2) is 0 Å². The first-order valence-corrected chi connectivity index (χ1v) is 7.32. The molecule has 0 fully saturated rings. The van der Waals surface area contributed by atoms with E-state index in [1.54, 1.807) is 29.1 Å². The van der Waals surface area contributed by atoms with Crippen LogP contribution in [0, 0.1) is 19.7 Å². The predicted molar refractivity (Wildman–Crippen MR) is 83.6 cm³/mol. The van der Waals surface area contributed by atoms with Crippen LogP contribution in [0.25, 0.3) is 21.7 Å². The van der Waals surface area contributed by atoms with Crippen molar-refractivity contribution in [1.82, 2.24) is 14.8 Å².